The zero-order valence-electron chi connectivity index (χ0n) is 17.7. The van der Waals surface area contributed by atoms with E-state index >= 15 is 0 Å². The predicted octanol–water partition coefficient (Wildman–Crippen LogP) is 4.29. The number of hydrogen-bond acceptors (Lipinski definition) is 6. The number of rotatable bonds is 9. The first-order valence-electron chi connectivity index (χ1n) is 10.1. The normalized spacial score (nSPS) is 17.0. The second-order valence-electron chi connectivity index (χ2n) is 6.82. The van der Waals surface area contributed by atoms with Gasteiger partial charge in [-0.2, -0.15) is 0 Å². The van der Waals surface area contributed by atoms with E-state index in [0.717, 1.165) is 42.2 Å². The van der Waals surface area contributed by atoms with Gasteiger partial charge in [-0.15, -0.1) is 0 Å². The van der Waals surface area contributed by atoms with Crippen molar-refractivity contribution in [2.45, 2.75) is 26.4 Å². The molecule has 156 valence electrons. The summed E-state index contributed by atoms with van der Waals surface area (Å²) in [5.41, 5.74) is 2.88. The molecule has 1 aliphatic heterocycles. The Kier molecular flexibility index (Phi) is 7.36. The summed E-state index contributed by atoms with van der Waals surface area (Å²) in [6.07, 6.45) is 0.451. The van der Waals surface area contributed by atoms with Crippen molar-refractivity contribution in [3.05, 3.63) is 53.6 Å². The fraction of sp³-hybridized carbons (Fsp3) is 0.435. The molecule has 2 aromatic carbocycles. The number of hydrogen-bond donors (Lipinski definition) is 0. The van der Waals surface area contributed by atoms with E-state index in [1.807, 2.05) is 42.5 Å². The lowest BCUT2D eigenvalue weighted by atomic mass is 9.95. The van der Waals surface area contributed by atoms with Crippen LogP contribution in [0.1, 0.15) is 37.5 Å². The molecular formula is C23H30N2O4. The average Bonchev–Trinajstić information content (AvgIpc) is 2.78. The molecule has 1 heterocycles. The Morgan fingerprint density at radius 1 is 1.03 bits per heavy atom. The maximum Gasteiger partial charge on any atom is 0.161 e. The monoisotopic (exact) mass is 398 g/mol. The maximum absolute atomic E-state index is 6.26. The predicted molar refractivity (Wildman–Crippen MR) is 114 cm³/mol. The SMILES string of the molecule is CCN(CC)CCON=C1CC(c2ccc(OC)c(OC)c2)Oc2ccccc21. The van der Waals surface area contributed by atoms with Gasteiger partial charge in [0.1, 0.15) is 18.5 Å². The Labute approximate surface area is 173 Å². The van der Waals surface area contributed by atoms with Gasteiger partial charge in [0.05, 0.1) is 19.9 Å². The lowest BCUT2D eigenvalue weighted by Gasteiger charge is -2.27. The van der Waals surface area contributed by atoms with Crippen LogP contribution in [0.5, 0.6) is 17.2 Å². The minimum absolute atomic E-state index is 0.171. The van der Waals surface area contributed by atoms with E-state index in [9.17, 15) is 0 Å². The van der Waals surface area contributed by atoms with Crippen molar-refractivity contribution in [1.29, 1.82) is 0 Å². The van der Waals surface area contributed by atoms with Gasteiger partial charge in [-0.1, -0.05) is 37.2 Å². The van der Waals surface area contributed by atoms with Crippen molar-refractivity contribution < 1.29 is 19.0 Å². The molecule has 0 aliphatic carbocycles. The fourth-order valence-corrected chi connectivity index (χ4v) is 3.45. The van der Waals surface area contributed by atoms with Crippen molar-refractivity contribution >= 4 is 5.71 Å². The minimum atomic E-state index is -0.171. The zero-order valence-corrected chi connectivity index (χ0v) is 17.7. The van der Waals surface area contributed by atoms with E-state index < -0.39 is 0 Å². The second-order valence-corrected chi connectivity index (χ2v) is 6.82. The molecule has 0 spiro atoms. The summed E-state index contributed by atoms with van der Waals surface area (Å²) in [6, 6.07) is 13.8. The van der Waals surface area contributed by atoms with Gasteiger partial charge in [-0.05, 0) is 42.9 Å². The van der Waals surface area contributed by atoms with Gasteiger partial charge >= 0.3 is 0 Å². The standard InChI is InChI=1S/C23H30N2O4/c1-5-25(6-2)13-14-28-24-19-16-22(29-20-10-8-7-9-18(19)20)17-11-12-21(26-3)23(15-17)27-4/h7-12,15,22H,5-6,13-14,16H2,1-4H3. The number of para-hydroxylation sites is 1. The molecule has 2 aromatic rings. The first kappa shape index (κ1) is 21.0. The van der Waals surface area contributed by atoms with Crippen molar-refractivity contribution in [3.63, 3.8) is 0 Å². The highest BCUT2D eigenvalue weighted by atomic mass is 16.6. The molecule has 29 heavy (non-hydrogen) atoms. The maximum atomic E-state index is 6.26. The van der Waals surface area contributed by atoms with Crippen molar-refractivity contribution in [3.8, 4) is 17.2 Å². The largest absolute Gasteiger partial charge is 0.493 e. The topological polar surface area (TPSA) is 52.5 Å². The summed E-state index contributed by atoms with van der Waals surface area (Å²) in [7, 11) is 3.26. The molecule has 3 rings (SSSR count). The highest BCUT2D eigenvalue weighted by molar-refractivity contribution is 6.03. The average molecular weight is 399 g/mol. The minimum Gasteiger partial charge on any atom is -0.493 e. The molecule has 0 N–H and O–H groups in total. The molecule has 0 fully saturated rings. The van der Waals surface area contributed by atoms with Gasteiger partial charge in [0.15, 0.2) is 11.5 Å². The molecule has 1 aliphatic rings. The molecule has 0 saturated carbocycles. The summed E-state index contributed by atoms with van der Waals surface area (Å²) in [6.45, 7) is 7.74. The molecular weight excluding hydrogens is 368 g/mol. The van der Waals surface area contributed by atoms with Crippen LogP contribution in [0.15, 0.2) is 47.6 Å². The molecule has 6 heteroatoms. The van der Waals surface area contributed by atoms with Gasteiger partial charge in [-0.25, -0.2) is 0 Å². The Morgan fingerprint density at radius 3 is 2.52 bits per heavy atom. The fourth-order valence-electron chi connectivity index (χ4n) is 3.45. The molecule has 6 nitrogen and oxygen atoms in total. The molecule has 1 unspecified atom stereocenters. The number of oxime groups is 1. The Balaban J connectivity index is 1.80. The lowest BCUT2D eigenvalue weighted by Crippen LogP contribution is -2.27. The van der Waals surface area contributed by atoms with E-state index in [4.69, 9.17) is 19.0 Å². The third-order valence-corrected chi connectivity index (χ3v) is 5.19. The van der Waals surface area contributed by atoms with Crippen LogP contribution in [0, 0.1) is 0 Å². The molecule has 1 atom stereocenters. The Morgan fingerprint density at radius 2 is 1.79 bits per heavy atom. The first-order chi connectivity index (χ1) is 14.2. The van der Waals surface area contributed by atoms with E-state index in [-0.39, 0.29) is 6.10 Å². The van der Waals surface area contributed by atoms with Crippen LogP contribution in [-0.2, 0) is 4.84 Å². The highest BCUT2D eigenvalue weighted by Gasteiger charge is 2.27. The number of ether oxygens (including phenoxy) is 3. The molecule has 0 radical (unpaired) electrons. The smallest absolute Gasteiger partial charge is 0.161 e. The first-order valence-corrected chi connectivity index (χ1v) is 10.1. The van der Waals surface area contributed by atoms with E-state index in [1.54, 1.807) is 14.2 Å². The number of likely N-dealkylation sites (N-methyl/N-ethyl adjacent to an activating group) is 1. The summed E-state index contributed by atoms with van der Waals surface area (Å²) < 4.78 is 17.1. The molecule has 0 aromatic heterocycles. The van der Waals surface area contributed by atoms with Crippen LogP contribution in [0.3, 0.4) is 0 Å². The van der Waals surface area contributed by atoms with Crippen LogP contribution in [0.4, 0.5) is 0 Å². The van der Waals surface area contributed by atoms with Gasteiger partial charge in [0, 0.05) is 18.5 Å². The highest BCUT2D eigenvalue weighted by Crippen LogP contribution is 2.38. The quantitative estimate of drug-likeness (QED) is 0.466. The van der Waals surface area contributed by atoms with Crippen LogP contribution in [-0.4, -0.2) is 51.1 Å². The lowest BCUT2D eigenvalue weighted by molar-refractivity contribution is 0.112. The summed E-state index contributed by atoms with van der Waals surface area (Å²) >= 11 is 0. The number of fused-ring (bicyclic) bond motifs is 1. The summed E-state index contributed by atoms with van der Waals surface area (Å²) in [4.78, 5) is 7.99. The molecule has 0 saturated heterocycles. The van der Waals surface area contributed by atoms with Crippen LogP contribution in [0.2, 0.25) is 0 Å². The Bertz CT molecular complexity index is 833. The van der Waals surface area contributed by atoms with Gasteiger partial charge < -0.3 is 23.9 Å². The van der Waals surface area contributed by atoms with Crippen molar-refractivity contribution in [2.24, 2.45) is 5.16 Å². The summed E-state index contributed by atoms with van der Waals surface area (Å²) in [5.74, 6) is 2.19. The summed E-state index contributed by atoms with van der Waals surface area (Å²) in [5, 5.41) is 4.47. The van der Waals surface area contributed by atoms with E-state index in [2.05, 4.69) is 23.9 Å². The van der Waals surface area contributed by atoms with Crippen molar-refractivity contribution in [1.82, 2.24) is 4.90 Å². The number of nitrogens with zero attached hydrogens (tertiary/aromatic N) is 2. The Hall–Kier alpha value is -2.73. The molecule has 0 amide bonds. The van der Waals surface area contributed by atoms with Gasteiger partial charge in [-0.3, -0.25) is 0 Å². The number of benzene rings is 2. The van der Waals surface area contributed by atoms with Gasteiger partial charge in [0.2, 0.25) is 0 Å². The van der Waals surface area contributed by atoms with Crippen LogP contribution >= 0.6 is 0 Å². The number of methoxy groups -OCH3 is 2. The van der Waals surface area contributed by atoms with Crippen molar-refractivity contribution in [2.75, 3.05) is 40.5 Å². The van der Waals surface area contributed by atoms with Crippen LogP contribution < -0.4 is 14.2 Å². The van der Waals surface area contributed by atoms with E-state index in [0.29, 0.717) is 24.5 Å². The third-order valence-electron chi connectivity index (χ3n) is 5.19. The second kappa shape index (κ2) is 10.2. The van der Waals surface area contributed by atoms with Gasteiger partial charge in [0.25, 0.3) is 0 Å². The molecule has 0 bridgehead atoms. The van der Waals surface area contributed by atoms with E-state index in [1.165, 1.54) is 0 Å². The van der Waals surface area contributed by atoms with Crippen LogP contribution in [0.25, 0.3) is 0 Å². The zero-order chi connectivity index (χ0) is 20.6. The third kappa shape index (κ3) is 5.01.